The van der Waals surface area contributed by atoms with E-state index < -0.39 is 18.8 Å². The molecule has 0 aliphatic rings. The summed E-state index contributed by atoms with van der Waals surface area (Å²) >= 11 is 0. The molecule has 0 unspecified atom stereocenters. The zero-order chi connectivity index (χ0) is 9.07. The van der Waals surface area contributed by atoms with E-state index in [9.17, 15) is 13.2 Å². The molecule has 0 fully saturated rings. The predicted octanol–water partition coefficient (Wildman–Crippen LogP) is 0.897. The number of allylic oxidation sites excluding steroid dienone is 2. The molecule has 2 nitrogen and oxygen atoms in total. The summed E-state index contributed by atoms with van der Waals surface area (Å²) in [4.78, 5) is 0. The van der Waals surface area contributed by atoms with Gasteiger partial charge in [0.05, 0.1) is 5.47 Å². The van der Waals surface area contributed by atoms with Gasteiger partial charge in [0.25, 0.3) is 0 Å². The molecule has 0 aliphatic carbocycles. The van der Waals surface area contributed by atoms with Crippen molar-refractivity contribution in [3.05, 3.63) is 11.5 Å². The summed E-state index contributed by atoms with van der Waals surface area (Å²) in [7, 11) is -2.44. The van der Waals surface area contributed by atoms with Crippen molar-refractivity contribution < 1.29 is 23.2 Å². The van der Waals surface area contributed by atoms with Gasteiger partial charge < -0.3 is 10.0 Å². The van der Waals surface area contributed by atoms with E-state index in [0.717, 1.165) is 6.08 Å². The summed E-state index contributed by atoms with van der Waals surface area (Å²) in [5.74, 6) is 0. The lowest BCUT2D eigenvalue weighted by molar-refractivity contribution is -0.0877. The molecule has 11 heavy (non-hydrogen) atoms. The fourth-order valence-electron chi connectivity index (χ4n) is 0.587. The van der Waals surface area contributed by atoms with Gasteiger partial charge in [-0.1, -0.05) is 13.0 Å². The molecule has 64 valence electrons. The molecular formula is C5H8BF3O2. The van der Waals surface area contributed by atoms with E-state index in [1.165, 1.54) is 6.92 Å². The van der Waals surface area contributed by atoms with E-state index in [0.29, 0.717) is 0 Å². The van der Waals surface area contributed by atoms with Gasteiger partial charge in [-0.3, -0.25) is 0 Å². The van der Waals surface area contributed by atoms with Crippen molar-refractivity contribution in [2.75, 3.05) is 0 Å². The number of halogens is 3. The molecule has 6 heteroatoms. The van der Waals surface area contributed by atoms with E-state index in [1.54, 1.807) is 0 Å². The minimum Gasteiger partial charge on any atom is -0.423 e. The van der Waals surface area contributed by atoms with Gasteiger partial charge >= 0.3 is 13.3 Å². The average Bonchev–Trinajstić information content (AvgIpc) is 1.79. The van der Waals surface area contributed by atoms with Gasteiger partial charge in [-0.15, -0.1) is 0 Å². The van der Waals surface area contributed by atoms with Gasteiger partial charge in [0.2, 0.25) is 0 Å². The third-order valence-corrected chi connectivity index (χ3v) is 1.03. The summed E-state index contributed by atoms with van der Waals surface area (Å²) < 4.78 is 35.3. The third-order valence-electron chi connectivity index (χ3n) is 1.03. The molecule has 0 aromatic carbocycles. The molecule has 0 spiro atoms. The Labute approximate surface area is 62.5 Å². The third kappa shape index (κ3) is 3.43. The van der Waals surface area contributed by atoms with Crippen LogP contribution in [0.3, 0.4) is 0 Å². The van der Waals surface area contributed by atoms with Crippen molar-refractivity contribution in [2.24, 2.45) is 0 Å². The Hall–Kier alpha value is -0.485. The summed E-state index contributed by atoms with van der Waals surface area (Å²) in [6.07, 6.45) is -3.79. The van der Waals surface area contributed by atoms with Crippen LogP contribution in [0.15, 0.2) is 11.5 Å². The van der Waals surface area contributed by atoms with E-state index in [4.69, 9.17) is 10.0 Å². The lowest BCUT2D eigenvalue weighted by Crippen LogP contribution is -2.27. The van der Waals surface area contributed by atoms with Crippen LogP contribution >= 0.6 is 0 Å². The first-order valence-electron chi connectivity index (χ1n) is 3.03. The maximum Gasteiger partial charge on any atom is 0.493 e. The van der Waals surface area contributed by atoms with E-state index in [2.05, 4.69) is 0 Å². The van der Waals surface area contributed by atoms with Crippen molar-refractivity contribution in [3.8, 4) is 0 Å². The fourth-order valence-corrected chi connectivity index (χ4v) is 0.587. The van der Waals surface area contributed by atoms with E-state index >= 15 is 0 Å². The predicted molar refractivity (Wildman–Crippen MR) is 34.6 cm³/mol. The first-order chi connectivity index (χ1) is 4.89. The van der Waals surface area contributed by atoms with Crippen LogP contribution in [-0.4, -0.2) is 23.3 Å². The highest BCUT2D eigenvalue weighted by Gasteiger charge is 2.40. The van der Waals surface area contributed by atoms with Crippen LogP contribution in [0.25, 0.3) is 0 Å². The second kappa shape index (κ2) is 3.78. The minimum absolute atomic E-state index is 0.118. The minimum atomic E-state index is -4.65. The van der Waals surface area contributed by atoms with Crippen LogP contribution in [0.2, 0.25) is 0 Å². The topological polar surface area (TPSA) is 40.5 Å². The Kier molecular flexibility index (Phi) is 3.61. The molecule has 0 saturated carbocycles. The molecule has 0 aromatic heterocycles. The molecule has 0 aliphatic heterocycles. The SMILES string of the molecule is CCC=C(B(O)O)C(F)(F)F. The molecule has 0 bridgehead atoms. The summed E-state index contributed by atoms with van der Waals surface area (Å²) in [5.41, 5.74) is -1.31. The molecule has 0 heterocycles. The molecule has 0 rings (SSSR count). The van der Waals surface area contributed by atoms with Crippen LogP contribution in [0, 0.1) is 0 Å². The number of rotatable bonds is 2. The smallest absolute Gasteiger partial charge is 0.423 e. The lowest BCUT2D eigenvalue weighted by atomic mass is 9.78. The van der Waals surface area contributed by atoms with Crippen molar-refractivity contribution in [1.29, 1.82) is 0 Å². The second-order valence-corrected chi connectivity index (χ2v) is 1.94. The maximum absolute atomic E-state index is 11.8. The first-order valence-corrected chi connectivity index (χ1v) is 3.03. The molecule has 0 amide bonds. The van der Waals surface area contributed by atoms with Gasteiger partial charge in [-0.25, -0.2) is 0 Å². The van der Waals surface area contributed by atoms with Gasteiger partial charge in [-0.05, 0) is 6.42 Å². The number of hydrogen-bond acceptors (Lipinski definition) is 2. The Bertz CT molecular complexity index is 152. The number of alkyl halides is 3. The Morgan fingerprint density at radius 2 is 1.91 bits per heavy atom. The highest BCUT2D eigenvalue weighted by Crippen LogP contribution is 2.26. The quantitative estimate of drug-likeness (QED) is 0.601. The zero-order valence-corrected chi connectivity index (χ0v) is 5.89. The van der Waals surface area contributed by atoms with Crippen LogP contribution in [0.4, 0.5) is 13.2 Å². The van der Waals surface area contributed by atoms with Gasteiger partial charge in [0, 0.05) is 0 Å². The van der Waals surface area contributed by atoms with E-state index in [1.807, 2.05) is 0 Å². The summed E-state index contributed by atoms with van der Waals surface area (Å²) in [6.45, 7) is 1.48. The Balaban J connectivity index is 4.49. The normalized spacial score (nSPS) is 13.5. The van der Waals surface area contributed by atoms with Gasteiger partial charge in [0.15, 0.2) is 0 Å². The van der Waals surface area contributed by atoms with Crippen LogP contribution in [0.1, 0.15) is 13.3 Å². The molecule has 0 radical (unpaired) electrons. The average molecular weight is 168 g/mol. The van der Waals surface area contributed by atoms with Crippen LogP contribution in [-0.2, 0) is 0 Å². The van der Waals surface area contributed by atoms with Crippen LogP contribution < -0.4 is 0 Å². The van der Waals surface area contributed by atoms with Gasteiger partial charge in [0.1, 0.15) is 0 Å². The second-order valence-electron chi connectivity index (χ2n) is 1.94. The Morgan fingerprint density at radius 3 is 2.00 bits per heavy atom. The van der Waals surface area contributed by atoms with E-state index in [-0.39, 0.29) is 6.42 Å². The van der Waals surface area contributed by atoms with Crippen molar-refractivity contribution in [2.45, 2.75) is 19.5 Å². The maximum atomic E-state index is 11.8. The molecule has 0 saturated heterocycles. The van der Waals surface area contributed by atoms with Crippen molar-refractivity contribution in [3.63, 3.8) is 0 Å². The molecular weight excluding hydrogens is 160 g/mol. The number of hydrogen-bond donors (Lipinski definition) is 2. The molecule has 2 N–H and O–H groups in total. The van der Waals surface area contributed by atoms with Crippen LogP contribution in [0.5, 0.6) is 0 Å². The van der Waals surface area contributed by atoms with Gasteiger partial charge in [-0.2, -0.15) is 13.2 Å². The first kappa shape index (κ1) is 10.5. The molecule has 0 atom stereocenters. The highest BCUT2D eigenvalue weighted by atomic mass is 19.4. The summed E-state index contributed by atoms with van der Waals surface area (Å²) in [6, 6.07) is 0. The standard InChI is InChI=1S/C5H8BF3O2/c1-2-3-4(6(10)11)5(7,8)9/h3,10-11H,2H2,1H3. The lowest BCUT2D eigenvalue weighted by Gasteiger charge is -2.09. The Morgan fingerprint density at radius 1 is 1.45 bits per heavy atom. The van der Waals surface area contributed by atoms with Crippen molar-refractivity contribution in [1.82, 2.24) is 0 Å². The highest BCUT2D eigenvalue weighted by molar-refractivity contribution is 6.51. The zero-order valence-electron chi connectivity index (χ0n) is 5.89. The fraction of sp³-hybridized carbons (Fsp3) is 0.600. The molecule has 0 aromatic rings. The monoisotopic (exact) mass is 168 g/mol. The summed E-state index contributed by atoms with van der Waals surface area (Å²) in [5, 5.41) is 16.5. The van der Waals surface area contributed by atoms with Crippen molar-refractivity contribution >= 4 is 7.12 Å². The largest absolute Gasteiger partial charge is 0.493 e.